The summed E-state index contributed by atoms with van der Waals surface area (Å²) >= 11 is 6.18. The van der Waals surface area contributed by atoms with Crippen LogP contribution >= 0.6 is 22.9 Å². The van der Waals surface area contributed by atoms with Gasteiger partial charge in [-0.1, -0.05) is 11.6 Å². The number of sulfonamides is 1. The number of aromatic nitrogens is 1. The average molecular weight is 343 g/mol. The van der Waals surface area contributed by atoms with Crippen molar-refractivity contribution in [2.24, 2.45) is 0 Å². The Hall–Kier alpha value is -1.32. The fourth-order valence-corrected chi connectivity index (χ4v) is 3.33. The van der Waals surface area contributed by atoms with Crippen LogP contribution in [0.5, 0.6) is 0 Å². The third kappa shape index (κ3) is 3.41. The summed E-state index contributed by atoms with van der Waals surface area (Å²) in [4.78, 5) is 3.07. The summed E-state index contributed by atoms with van der Waals surface area (Å²) in [6, 6.07) is 5.20. The largest absolute Gasteiger partial charge is 0.434 e. The van der Waals surface area contributed by atoms with E-state index in [1.807, 2.05) is 4.72 Å². The van der Waals surface area contributed by atoms with Crippen LogP contribution in [0, 0.1) is 0 Å². The molecule has 0 atom stereocenters. The zero-order valence-corrected chi connectivity index (χ0v) is 11.9. The van der Waals surface area contributed by atoms with Crippen molar-refractivity contribution < 1.29 is 21.6 Å². The van der Waals surface area contributed by atoms with Crippen LogP contribution in [-0.4, -0.2) is 13.4 Å². The molecule has 0 radical (unpaired) electrons. The van der Waals surface area contributed by atoms with E-state index in [2.05, 4.69) is 4.98 Å². The van der Waals surface area contributed by atoms with Gasteiger partial charge in [-0.2, -0.15) is 13.2 Å². The lowest BCUT2D eigenvalue weighted by Crippen LogP contribution is -2.13. The molecular formula is C10H6ClF3N2O2S2. The number of hydrogen-bond donors (Lipinski definition) is 1. The Morgan fingerprint density at radius 3 is 2.30 bits per heavy atom. The molecule has 108 valence electrons. The highest BCUT2D eigenvalue weighted by atomic mass is 35.5. The van der Waals surface area contributed by atoms with E-state index in [0.29, 0.717) is 16.4 Å². The van der Waals surface area contributed by atoms with E-state index in [0.717, 1.165) is 5.38 Å². The first-order valence-electron chi connectivity index (χ1n) is 4.99. The standard InChI is InChI=1S/C10H6ClF3N2O2S2/c11-6-1-3-7(4-2-6)20(17,18)16-9-15-8(5-19-9)10(12,13)14/h1-5H,(H,15,16). The number of nitrogens with zero attached hydrogens (tertiary/aromatic N) is 1. The molecule has 0 fully saturated rings. The van der Waals surface area contributed by atoms with Gasteiger partial charge in [0, 0.05) is 10.4 Å². The molecule has 2 rings (SSSR count). The van der Waals surface area contributed by atoms with Gasteiger partial charge >= 0.3 is 6.18 Å². The number of benzene rings is 1. The van der Waals surface area contributed by atoms with Gasteiger partial charge in [-0.05, 0) is 24.3 Å². The van der Waals surface area contributed by atoms with Gasteiger partial charge in [0.1, 0.15) is 0 Å². The Kier molecular flexibility index (Phi) is 3.94. The van der Waals surface area contributed by atoms with Gasteiger partial charge in [0.25, 0.3) is 10.0 Å². The lowest BCUT2D eigenvalue weighted by Gasteiger charge is -2.05. The van der Waals surface area contributed by atoms with Crippen molar-refractivity contribution in [2.75, 3.05) is 4.72 Å². The summed E-state index contributed by atoms with van der Waals surface area (Å²) in [5.74, 6) is 0. The number of rotatable bonds is 3. The van der Waals surface area contributed by atoms with E-state index in [1.165, 1.54) is 24.3 Å². The second-order valence-corrected chi connectivity index (χ2v) is 6.57. The lowest BCUT2D eigenvalue weighted by atomic mass is 10.4. The summed E-state index contributed by atoms with van der Waals surface area (Å²) in [6.45, 7) is 0. The predicted octanol–water partition coefficient (Wildman–Crippen LogP) is 3.62. The van der Waals surface area contributed by atoms with Crippen LogP contribution in [-0.2, 0) is 16.2 Å². The molecule has 0 amide bonds. The number of alkyl halides is 3. The SMILES string of the molecule is O=S(=O)(Nc1nc(C(F)(F)F)cs1)c1ccc(Cl)cc1. The number of nitrogens with one attached hydrogen (secondary N) is 1. The van der Waals surface area contributed by atoms with E-state index < -0.39 is 21.9 Å². The van der Waals surface area contributed by atoms with Crippen molar-refractivity contribution in [3.05, 3.63) is 40.4 Å². The van der Waals surface area contributed by atoms with E-state index in [1.54, 1.807) is 0 Å². The van der Waals surface area contributed by atoms with Crippen molar-refractivity contribution >= 4 is 38.1 Å². The highest BCUT2D eigenvalue weighted by Gasteiger charge is 2.34. The molecule has 1 heterocycles. The van der Waals surface area contributed by atoms with Gasteiger partial charge in [0.2, 0.25) is 0 Å². The number of anilines is 1. The Bertz CT molecular complexity index is 711. The first kappa shape index (κ1) is 15.1. The minimum atomic E-state index is -4.61. The summed E-state index contributed by atoms with van der Waals surface area (Å²) in [7, 11) is -3.99. The molecule has 0 aliphatic heterocycles. The molecule has 1 N–H and O–H groups in total. The Labute approximate surface area is 121 Å². The Balaban J connectivity index is 2.25. The van der Waals surface area contributed by atoms with Gasteiger partial charge in [0.05, 0.1) is 4.90 Å². The molecule has 0 aliphatic rings. The monoisotopic (exact) mass is 342 g/mol. The van der Waals surface area contributed by atoms with E-state index >= 15 is 0 Å². The summed E-state index contributed by atoms with van der Waals surface area (Å²) in [5, 5.41) is 0.726. The lowest BCUT2D eigenvalue weighted by molar-refractivity contribution is -0.140. The minimum absolute atomic E-state index is 0.120. The molecule has 10 heteroatoms. The second kappa shape index (κ2) is 5.23. The van der Waals surface area contributed by atoms with Crippen molar-refractivity contribution in [3.8, 4) is 0 Å². The molecule has 4 nitrogen and oxygen atoms in total. The minimum Gasteiger partial charge on any atom is -0.255 e. The van der Waals surface area contributed by atoms with Crippen molar-refractivity contribution in [1.82, 2.24) is 4.98 Å². The predicted molar refractivity (Wildman–Crippen MR) is 69.4 cm³/mol. The third-order valence-electron chi connectivity index (χ3n) is 2.14. The zero-order chi connectivity index (χ0) is 15.0. The summed E-state index contributed by atoms with van der Waals surface area (Å²) in [6.07, 6.45) is -4.61. The third-order valence-corrected chi connectivity index (χ3v) is 4.63. The highest BCUT2D eigenvalue weighted by molar-refractivity contribution is 7.93. The maximum absolute atomic E-state index is 12.4. The van der Waals surface area contributed by atoms with E-state index in [-0.39, 0.29) is 10.0 Å². The molecule has 1 aromatic carbocycles. The smallest absolute Gasteiger partial charge is 0.255 e. The van der Waals surface area contributed by atoms with Gasteiger partial charge in [0.15, 0.2) is 10.8 Å². The number of halogens is 4. The molecule has 20 heavy (non-hydrogen) atoms. The first-order valence-corrected chi connectivity index (χ1v) is 7.74. The van der Waals surface area contributed by atoms with Gasteiger partial charge in [-0.3, -0.25) is 4.72 Å². The van der Waals surface area contributed by atoms with Crippen molar-refractivity contribution in [2.45, 2.75) is 11.1 Å². The number of thiazole rings is 1. The molecule has 0 saturated heterocycles. The van der Waals surface area contributed by atoms with E-state index in [9.17, 15) is 21.6 Å². The molecule has 0 bridgehead atoms. The molecule has 1 aromatic heterocycles. The first-order chi connectivity index (χ1) is 9.18. The Morgan fingerprint density at radius 1 is 1.20 bits per heavy atom. The summed E-state index contributed by atoms with van der Waals surface area (Å²) < 4.78 is 62.9. The fourth-order valence-electron chi connectivity index (χ4n) is 1.24. The topological polar surface area (TPSA) is 59.1 Å². The maximum Gasteiger partial charge on any atom is 0.434 e. The highest BCUT2D eigenvalue weighted by Crippen LogP contribution is 2.32. The number of hydrogen-bond acceptors (Lipinski definition) is 4. The summed E-state index contributed by atoms with van der Waals surface area (Å²) in [5.41, 5.74) is -1.14. The van der Waals surface area contributed by atoms with Crippen LogP contribution in [0.4, 0.5) is 18.3 Å². The zero-order valence-electron chi connectivity index (χ0n) is 9.48. The molecule has 0 saturated carbocycles. The normalized spacial score (nSPS) is 12.4. The Morgan fingerprint density at radius 2 is 1.80 bits per heavy atom. The fraction of sp³-hybridized carbons (Fsp3) is 0.100. The van der Waals surface area contributed by atoms with Crippen LogP contribution < -0.4 is 4.72 Å². The average Bonchev–Trinajstić information content (AvgIpc) is 2.77. The molecule has 0 spiro atoms. The quantitative estimate of drug-likeness (QED) is 0.926. The van der Waals surface area contributed by atoms with Gasteiger partial charge < -0.3 is 0 Å². The maximum atomic E-state index is 12.4. The molecule has 0 aliphatic carbocycles. The van der Waals surface area contributed by atoms with Crippen molar-refractivity contribution in [3.63, 3.8) is 0 Å². The van der Waals surface area contributed by atoms with E-state index in [4.69, 9.17) is 11.6 Å². The van der Waals surface area contributed by atoms with Crippen LogP contribution in [0.1, 0.15) is 5.69 Å². The second-order valence-electron chi connectivity index (χ2n) is 3.60. The molecular weight excluding hydrogens is 337 g/mol. The van der Waals surface area contributed by atoms with Crippen LogP contribution in [0.3, 0.4) is 0 Å². The van der Waals surface area contributed by atoms with Crippen LogP contribution in [0.15, 0.2) is 34.5 Å². The van der Waals surface area contributed by atoms with Crippen LogP contribution in [0.25, 0.3) is 0 Å². The molecule has 0 unspecified atom stereocenters. The van der Waals surface area contributed by atoms with Gasteiger partial charge in [-0.15, -0.1) is 11.3 Å². The van der Waals surface area contributed by atoms with Crippen LogP contribution in [0.2, 0.25) is 5.02 Å². The van der Waals surface area contributed by atoms with Gasteiger partial charge in [-0.25, -0.2) is 13.4 Å². The van der Waals surface area contributed by atoms with Crippen molar-refractivity contribution in [1.29, 1.82) is 0 Å². The molecule has 2 aromatic rings.